The van der Waals surface area contributed by atoms with Gasteiger partial charge in [0.15, 0.2) is 0 Å². The Kier molecular flexibility index (Phi) is 9.77. The molecule has 8 nitrogen and oxygen atoms in total. The number of rotatable bonds is 10. The standard InChI is InChI=1S/C11H22N2O6/c1-18-7-4-13(5-8-19-2)11(17)12-9(3-6-14)10(15)16/h9,14H,3-8H2,1-2H3,(H,12,17)(H,15,16)/t9-/m0/s1. The van der Waals surface area contributed by atoms with Crippen molar-refractivity contribution in [2.75, 3.05) is 47.1 Å². The average molecular weight is 278 g/mol. The number of aliphatic hydroxyl groups is 1. The molecule has 19 heavy (non-hydrogen) atoms. The number of carbonyl (C=O) groups excluding carboxylic acids is 1. The lowest BCUT2D eigenvalue weighted by atomic mass is 10.2. The minimum atomic E-state index is -1.18. The summed E-state index contributed by atoms with van der Waals surface area (Å²) in [7, 11) is 3.02. The number of amides is 2. The van der Waals surface area contributed by atoms with Crippen molar-refractivity contribution in [2.24, 2.45) is 0 Å². The number of aliphatic hydroxyl groups excluding tert-OH is 1. The summed E-state index contributed by atoms with van der Waals surface area (Å²) in [6, 6.07) is -1.62. The molecule has 0 unspecified atom stereocenters. The number of aliphatic carboxylic acids is 1. The van der Waals surface area contributed by atoms with E-state index < -0.39 is 18.0 Å². The van der Waals surface area contributed by atoms with Gasteiger partial charge < -0.3 is 29.9 Å². The molecule has 0 fully saturated rings. The largest absolute Gasteiger partial charge is 0.480 e. The quantitative estimate of drug-likeness (QED) is 0.479. The highest BCUT2D eigenvalue weighted by atomic mass is 16.5. The Morgan fingerprint density at radius 1 is 1.21 bits per heavy atom. The van der Waals surface area contributed by atoms with Gasteiger partial charge in [-0.2, -0.15) is 0 Å². The SMILES string of the molecule is COCCN(CCOC)C(=O)N[C@@H](CCO)C(=O)O. The van der Waals surface area contributed by atoms with Gasteiger partial charge in [0.2, 0.25) is 0 Å². The molecule has 3 N–H and O–H groups in total. The topological polar surface area (TPSA) is 108 Å². The van der Waals surface area contributed by atoms with E-state index in [4.69, 9.17) is 19.7 Å². The fourth-order valence-corrected chi connectivity index (χ4v) is 1.34. The van der Waals surface area contributed by atoms with Crippen molar-refractivity contribution < 1.29 is 29.3 Å². The van der Waals surface area contributed by atoms with E-state index in [0.29, 0.717) is 26.3 Å². The molecule has 0 aromatic carbocycles. The number of carbonyl (C=O) groups is 2. The van der Waals surface area contributed by atoms with Crippen LogP contribution in [-0.4, -0.2) is 80.3 Å². The molecule has 1 atom stereocenters. The van der Waals surface area contributed by atoms with Crippen LogP contribution >= 0.6 is 0 Å². The van der Waals surface area contributed by atoms with Crippen LogP contribution in [0.3, 0.4) is 0 Å². The summed E-state index contributed by atoms with van der Waals surface area (Å²) in [5.41, 5.74) is 0. The first-order valence-corrected chi connectivity index (χ1v) is 5.93. The summed E-state index contributed by atoms with van der Waals surface area (Å²) in [6.07, 6.45) is -0.0382. The van der Waals surface area contributed by atoms with Crippen molar-refractivity contribution in [1.82, 2.24) is 10.2 Å². The first-order valence-electron chi connectivity index (χ1n) is 5.93. The highest BCUT2D eigenvalue weighted by Gasteiger charge is 2.22. The van der Waals surface area contributed by atoms with Crippen LogP contribution in [0.15, 0.2) is 0 Å². The number of methoxy groups -OCH3 is 2. The summed E-state index contributed by atoms with van der Waals surface area (Å²) in [4.78, 5) is 24.2. The zero-order valence-electron chi connectivity index (χ0n) is 11.3. The van der Waals surface area contributed by atoms with Crippen LogP contribution in [0.4, 0.5) is 4.79 Å². The Hall–Kier alpha value is -1.38. The van der Waals surface area contributed by atoms with E-state index in [9.17, 15) is 9.59 Å². The van der Waals surface area contributed by atoms with Gasteiger partial charge in [0.25, 0.3) is 0 Å². The third kappa shape index (κ3) is 7.60. The molecule has 0 aliphatic rings. The Morgan fingerprint density at radius 2 is 1.74 bits per heavy atom. The number of nitrogens with one attached hydrogen (secondary N) is 1. The van der Waals surface area contributed by atoms with Crippen molar-refractivity contribution in [3.05, 3.63) is 0 Å². The van der Waals surface area contributed by atoms with Crippen molar-refractivity contribution in [1.29, 1.82) is 0 Å². The lowest BCUT2D eigenvalue weighted by Crippen LogP contribution is -2.49. The van der Waals surface area contributed by atoms with E-state index in [2.05, 4.69) is 5.32 Å². The number of nitrogens with zero attached hydrogens (tertiary/aromatic N) is 1. The van der Waals surface area contributed by atoms with E-state index in [0.717, 1.165) is 0 Å². The normalized spacial score (nSPS) is 11.9. The second-order valence-corrected chi connectivity index (χ2v) is 3.83. The van der Waals surface area contributed by atoms with Crippen molar-refractivity contribution in [2.45, 2.75) is 12.5 Å². The first kappa shape index (κ1) is 17.6. The molecule has 0 aliphatic heterocycles. The summed E-state index contributed by atoms with van der Waals surface area (Å²) >= 11 is 0. The molecule has 112 valence electrons. The third-order valence-corrected chi connectivity index (χ3v) is 2.43. The molecule has 0 saturated carbocycles. The summed E-state index contributed by atoms with van der Waals surface area (Å²) in [6.45, 7) is 1.03. The van der Waals surface area contributed by atoms with E-state index in [1.54, 1.807) is 0 Å². The molecule has 2 amide bonds. The molecule has 0 bridgehead atoms. The smallest absolute Gasteiger partial charge is 0.326 e. The lowest BCUT2D eigenvalue weighted by Gasteiger charge is -2.24. The van der Waals surface area contributed by atoms with Gasteiger partial charge in [-0.1, -0.05) is 0 Å². The Bertz CT molecular complexity index is 266. The second-order valence-electron chi connectivity index (χ2n) is 3.83. The van der Waals surface area contributed by atoms with E-state index in [-0.39, 0.29) is 13.0 Å². The lowest BCUT2D eigenvalue weighted by molar-refractivity contribution is -0.139. The van der Waals surface area contributed by atoms with Gasteiger partial charge in [0, 0.05) is 40.3 Å². The molecule has 0 aromatic rings. The van der Waals surface area contributed by atoms with Crippen LogP contribution in [0, 0.1) is 0 Å². The van der Waals surface area contributed by atoms with Gasteiger partial charge in [0.05, 0.1) is 13.2 Å². The number of urea groups is 1. The van der Waals surface area contributed by atoms with Gasteiger partial charge in [-0.05, 0) is 0 Å². The molecule has 0 heterocycles. The second kappa shape index (κ2) is 10.5. The van der Waals surface area contributed by atoms with Crippen LogP contribution in [0.5, 0.6) is 0 Å². The van der Waals surface area contributed by atoms with Crippen LogP contribution in [0.1, 0.15) is 6.42 Å². The molecule has 0 spiro atoms. The number of ether oxygens (including phenoxy) is 2. The highest BCUT2D eigenvalue weighted by Crippen LogP contribution is 1.96. The average Bonchev–Trinajstić information content (AvgIpc) is 2.38. The van der Waals surface area contributed by atoms with Crippen LogP contribution < -0.4 is 5.32 Å². The summed E-state index contributed by atoms with van der Waals surface area (Å²) in [5, 5.41) is 20.0. The predicted molar refractivity (Wildman–Crippen MR) is 67.0 cm³/mol. The molecular weight excluding hydrogens is 256 g/mol. The molecule has 0 saturated heterocycles. The van der Waals surface area contributed by atoms with Crippen LogP contribution in [0.25, 0.3) is 0 Å². The predicted octanol–water partition coefficient (Wildman–Crippen LogP) is -0.874. The molecule has 0 aromatic heterocycles. The maximum Gasteiger partial charge on any atom is 0.326 e. The number of hydrogen-bond donors (Lipinski definition) is 3. The molecule has 0 rings (SSSR count). The Balaban J connectivity index is 4.44. The third-order valence-electron chi connectivity index (χ3n) is 2.43. The fourth-order valence-electron chi connectivity index (χ4n) is 1.34. The van der Waals surface area contributed by atoms with E-state index in [1.807, 2.05) is 0 Å². The van der Waals surface area contributed by atoms with Crippen molar-refractivity contribution in [3.63, 3.8) is 0 Å². The number of hydrogen-bond acceptors (Lipinski definition) is 5. The minimum absolute atomic E-state index is 0.0382. The minimum Gasteiger partial charge on any atom is -0.480 e. The Morgan fingerprint density at radius 3 is 2.11 bits per heavy atom. The highest BCUT2D eigenvalue weighted by molar-refractivity contribution is 5.82. The zero-order valence-corrected chi connectivity index (χ0v) is 11.3. The first-order chi connectivity index (χ1) is 9.06. The molecule has 0 radical (unpaired) electrons. The van der Waals surface area contributed by atoms with E-state index >= 15 is 0 Å². The number of carboxylic acids is 1. The maximum absolute atomic E-state index is 11.9. The molecule has 8 heteroatoms. The van der Waals surface area contributed by atoms with Crippen molar-refractivity contribution in [3.8, 4) is 0 Å². The fraction of sp³-hybridized carbons (Fsp3) is 0.818. The summed E-state index contributed by atoms with van der Waals surface area (Å²) in [5.74, 6) is -1.18. The van der Waals surface area contributed by atoms with E-state index in [1.165, 1.54) is 19.1 Å². The molecule has 0 aliphatic carbocycles. The van der Waals surface area contributed by atoms with Gasteiger partial charge >= 0.3 is 12.0 Å². The monoisotopic (exact) mass is 278 g/mol. The van der Waals surface area contributed by atoms with Gasteiger partial charge in [-0.3, -0.25) is 0 Å². The van der Waals surface area contributed by atoms with Crippen LogP contribution in [0.2, 0.25) is 0 Å². The number of carboxylic acid groups (broad SMARTS) is 1. The summed E-state index contributed by atoms with van der Waals surface area (Å²) < 4.78 is 9.77. The maximum atomic E-state index is 11.9. The zero-order chi connectivity index (χ0) is 14.7. The van der Waals surface area contributed by atoms with Crippen molar-refractivity contribution >= 4 is 12.0 Å². The Labute approximate surface area is 112 Å². The van der Waals surface area contributed by atoms with Crippen LogP contribution in [-0.2, 0) is 14.3 Å². The van der Waals surface area contributed by atoms with Gasteiger partial charge in [-0.25, -0.2) is 9.59 Å². The molecular formula is C11H22N2O6. The van der Waals surface area contributed by atoms with Gasteiger partial charge in [0.1, 0.15) is 6.04 Å². The van der Waals surface area contributed by atoms with Gasteiger partial charge in [-0.15, -0.1) is 0 Å².